The van der Waals surface area contributed by atoms with E-state index in [9.17, 15) is 4.79 Å². The Kier molecular flexibility index (Phi) is 3.79. The van der Waals surface area contributed by atoms with E-state index < -0.39 is 0 Å². The number of hydrogen-bond acceptors (Lipinski definition) is 2. The highest BCUT2D eigenvalue weighted by Gasteiger charge is 2.26. The van der Waals surface area contributed by atoms with Crippen LogP contribution in [-0.4, -0.2) is 37.5 Å². The van der Waals surface area contributed by atoms with Crippen molar-refractivity contribution in [3.63, 3.8) is 0 Å². The van der Waals surface area contributed by atoms with Crippen molar-refractivity contribution in [3.05, 3.63) is 35.4 Å². The van der Waals surface area contributed by atoms with E-state index in [4.69, 9.17) is 0 Å². The second-order valence-corrected chi connectivity index (χ2v) is 4.78. The lowest BCUT2D eigenvalue weighted by molar-refractivity contribution is 0.0786. The van der Waals surface area contributed by atoms with Crippen LogP contribution in [-0.2, 0) is 0 Å². The molecule has 1 amide bonds. The molecule has 1 fully saturated rings. The van der Waals surface area contributed by atoms with E-state index in [-0.39, 0.29) is 5.91 Å². The van der Waals surface area contributed by atoms with Crippen LogP contribution in [0.2, 0.25) is 0 Å². The molecule has 0 spiro atoms. The summed E-state index contributed by atoms with van der Waals surface area (Å²) in [7, 11) is 1.96. The predicted molar refractivity (Wildman–Crippen MR) is 69.1 cm³/mol. The Labute approximate surface area is 103 Å². The zero-order valence-electron chi connectivity index (χ0n) is 10.6. The Morgan fingerprint density at radius 3 is 2.94 bits per heavy atom. The number of hydrogen-bond donors (Lipinski definition) is 1. The molecule has 0 radical (unpaired) electrons. The molecule has 1 unspecified atom stereocenters. The zero-order valence-corrected chi connectivity index (χ0v) is 10.6. The van der Waals surface area contributed by atoms with E-state index in [0.29, 0.717) is 5.92 Å². The summed E-state index contributed by atoms with van der Waals surface area (Å²) in [5.74, 6) is 0.787. The molecule has 92 valence electrons. The van der Waals surface area contributed by atoms with Crippen LogP contribution in [0.15, 0.2) is 24.3 Å². The minimum Gasteiger partial charge on any atom is -0.338 e. The molecule has 1 heterocycles. The number of nitrogens with one attached hydrogen (secondary N) is 1. The molecular weight excluding hydrogens is 212 g/mol. The number of nitrogens with zero attached hydrogens (tertiary/aromatic N) is 1. The van der Waals surface area contributed by atoms with Crippen molar-refractivity contribution in [2.45, 2.75) is 13.3 Å². The van der Waals surface area contributed by atoms with Gasteiger partial charge in [-0.1, -0.05) is 18.2 Å². The van der Waals surface area contributed by atoms with Crippen molar-refractivity contribution in [2.75, 3.05) is 26.7 Å². The number of carbonyl (C=O) groups excluding carboxylic acids is 1. The second-order valence-electron chi connectivity index (χ2n) is 4.78. The van der Waals surface area contributed by atoms with Crippen molar-refractivity contribution in [2.24, 2.45) is 5.92 Å². The van der Waals surface area contributed by atoms with Gasteiger partial charge in [-0.25, -0.2) is 0 Å². The molecule has 2 rings (SSSR count). The van der Waals surface area contributed by atoms with Crippen LogP contribution in [0, 0.1) is 12.8 Å². The van der Waals surface area contributed by atoms with Crippen molar-refractivity contribution < 1.29 is 4.79 Å². The van der Waals surface area contributed by atoms with Gasteiger partial charge in [-0.15, -0.1) is 0 Å². The lowest BCUT2D eigenvalue weighted by Gasteiger charge is -2.17. The van der Waals surface area contributed by atoms with E-state index in [1.54, 1.807) is 0 Å². The summed E-state index contributed by atoms with van der Waals surface area (Å²) in [6.07, 6.45) is 1.11. The fraction of sp³-hybridized carbons (Fsp3) is 0.500. The van der Waals surface area contributed by atoms with Gasteiger partial charge in [0.05, 0.1) is 0 Å². The maximum Gasteiger partial charge on any atom is 0.254 e. The minimum absolute atomic E-state index is 0.182. The Bertz CT molecular complexity index is 403. The number of aryl methyl sites for hydroxylation is 1. The van der Waals surface area contributed by atoms with Crippen molar-refractivity contribution in [1.29, 1.82) is 0 Å². The molecule has 3 nitrogen and oxygen atoms in total. The van der Waals surface area contributed by atoms with Crippen molar-refractivity contribution >= 4 is 5.91 Å². The van der Waals surface area contributed by atoms with Gasteiger partial charge in [-0.05, 0) is 44.5 Å². The number of amides is 1. The summed E-state index contributed by atoms with van der Waals surface area (Å²) in [5, 5.41) is 3.18. The first-order chi connectivity index (χ1) is 8.22. The minimum atomic E-state index is 0.182. The third-order valence-electron chi connectivity index (χ3n) is 3.44. The largest absolute Gasteiger partial charge is 0.338 e. The molecule has 1 atom stereocenters. The normalized spacial score (nSPS) is 19.6. The molecule has 1 aliphatic heterocycles. The van der Waals surface area contributed by atoms with Crippen LogP contribution in [0.5, 0.6) is 0 Å². The molecule has 3 heteroatoms. The summed E-state index contributed by atoms with van der Waals surface area (Å²) in [6.45, 7) is 4.76. The molecule has 1 N–H and O–H groups in total. The van der Waals surface area contributed by atoms with Crippen LogP contribution in [0.3, 0.4) is 0 Å². The first-order valence-electron chi connectivity index (χ1n) is 6.22. The predicted octanol–water partition coefficient (Wildman–Crippen LogP) is 1.68. The molecule has 0 saturated carbocycles. The number of likely N-dealkylation sites (tertiary alicyclic amines) is 1. The lowest BCUT2D eigenvalue weighted by atomic mass is 10.1. The maximum atomic E-state index is 12.3. The molecule has 1 aromatic rings. The fourth-order valence-electron chi connectivity index (χ4n) is 2.46. The molecule has 1 aliphatic rings. The van der Waals surface area contributed by atoms with Gasteiger partial charge in [0, 0.05) is 18.7 Å². The molecular formula is C14H20N2O. The van der Waals surface area contributed by atoms with E-state index >= 15 is 0 Å². The van der Waals surface area contributed by atoms with E-state index in [1.165, 1.54) is 0 Å². The van der Waals surface area contributed by atoms with Crippen LogP contribution in [0.25, 0.3) is 0 Å². The molecule has 1 saturated heterocycles. The van der Waals surface area contributed by atoms with E-state index in [2.05, 4.69) is 5.32 Å². The highest BCUT2D eigenvalue weighted by atomic mass is 16.2. The van der Waals surface area contributed by atoms with Gasteiger partial charge in [0.15, 0.2) is 0 Å². The third kappa shape index (κ3) is 2.67. The summed E-state index contributed by atoms with van der Waals surface area (Å²) in [5.41, 5.74) is 1.91. The topological polar surface area (TPSA) is 32.3 Å². The summed E-state index contributed by atoms with van der Waals surface area (Å²) < 4.78 is 0. The zero-order chi connectivity index (χ0) is 12.3. The Balaban J connectivity index is 2.05. The first kappa shape index (κ1) is 12.1. The first-order valence-corrected chi connectivity index (χ1v) is 6.22. The summed E-state index contributed by atoms with van der Waals surface area (Å²) in [6, 6.07) is 7.82. The van der Waals surface area contributed by atoms with Gasteiger partial charge in [-0.3, -0.25) is 4.79 Å². The quantitative estimate of drug-likeness (QED) is 0.860. The standard InChI is InChI=1S/C14H20N2O/c1-11-5-3-4-6-13(11)14(17)16-8-7-12(10-16)9-15-2/h3-6,12,15H,7-10H2,1-2H3. The number of carbonyl (C=O) groups is 1. The second kappa shape index (κ2) is 5.32. The lowest BCUT2D eigenvalue weighted by Crippen LogP contribution is -2.30. The molecule has 0 bridgehead atoms. The highest BCUT2D eigenvalue weighted by molar-refractivity contribution is 5.95. The van der Waals surface area contributed by atoms with Crippen LogP contribution in [0.1, 0.15) is 22.3 Å². The van der Waals surface area contributed by atoms with Crippen LogP contribution in [0.4, 0.5) is 0 Å². The number of rotatable bonds is 3. The number of benzene rings is 1. The van der Waals surface area contributed by atoms with Gasteiger partial charge in [-0.2, -0.15) is 0 Å². The average Bonchev–Trinajstić information content (AvgIpc) is 2.78. The summed E-state index contributed by atoms with van der Waals surface area (Å²) in [4.78, 5) is 14.3. The molecule has 0 aromatic heterocycles. The van der Waals surface area contributed by atoms with Gasteiger partial charge >= 0.3 is 0 Å². The molecule has 0 aliphatic carbocycles. The van der Waals surface area contributed by atoms with Crippen LogP contribution >= 0.6 is 0 Å². The SMILES string of the molecule is CNCC1CCN(C(=O)c2ccccc2C)C1. The van der Waals surface area contributed by atoms with Gasteiger partial charge in [0.2, 0.25) is 0 Å². The Morgan fingerprint density at radius 2 is 2.24 bits per heavy atom. The average molecular weight is 232 g/mol. The van der Waals surface area contributed by atoms with Gasteiger partial charge < -0.3 is 10.2 Å². The monoisotopic (exact) mass is 232 g/mol. The van der Waals surface area contributed by atoms with Gasteiger partial charge in [0.1, 0.15) is 0 Å². The highest BCUT2D eigenvalue weighted by Crippen LogP contribution is 2.19. The summed E-state index contributed by atoms with van der Waals surface area (Å²) >= 11 is 0. The van der Waals surface area contributed by atoms with Gasteiger partial charge in [0.25, 0.3) is 5.91 Å². The molecule has 17 heavy (non-hydrogen) atoms. The van der Waals surface area contributed by atoms with Crippen LogP contribution < -0.4 is 5.32 Å². The smallest absolute Gasteiger partial charge is 0.254 e. The molecule has 1 aromatic carbocycles. The van der Waals surface area contributed by atoms with Crippen molar-refractivity contribution in [1.82, 2.24) is 10.2 Å². The third-order valence-corrected chi connectivity index (χ3v) is 3.44. The van der Waals surface area contributed by atoms with Crippen molar-refractivity contribution in [3.8, 4) is 0 Å². The maximum absolute atomic E-state index is 12.3. The van der Waals surface area contributed by atoms with E-state index in [0.717, 1.165) is 37.2 Å². The Hall–Kier alpha value is -1.35. The fourth-order valence-corrected chi connectivity index (χ4v) is 2.46. The Morgan fingerprint density at radius 1 is 1.47 bits per heavy atom. The van der Waals surface area contributed by atoms with E-state index in [1.807, 2.05) is 43.1 Å².